The molecule has 1 nitrogen and oxygen atoms in total. The summed E-state index contributed by atoms with van der Waals surface area (Å²) in [5.74, 6) is -93.2. The number of hydrogen-bond donors (Lipinski definition) is 0. The van der Waals surface area contributed by atoms with Crippen LogP contribution in [0.2, 0.25) is 0 Å². The summed E-state index contributed by atoms with van der Waals surface area (Å²) in [6, 6.07) is 68.6. The van der Waals surface area contributed by atoms with Gasteiger partial charge in [0.05, 0.1) is 73.4 Å². The summed E-state index contributed by atoms with van der Waals surface area (Å²) in [7, 11) is -1.51. The van der Waals surface area contributed by atoms with Gasteiger partial charge in [-0.2, -0.15) is 0 Å². The Labute approximate surface area is 798 Å². The summed E-state index contributed by atoms with van der Waals surface area (Å²) in [5.41, 5.74) is -34.0. The Morgan fingerprint density at radius 2 is 0.326 bits per heavy atom. The zero-order chi connectivity index (χ0) is 105. The molecule has 1 aromatic heterocycles. The zero-order valence-corrected chi connectivity index (χ0v) is 74.2. The Morgan fingerprint density at radius 3 is 0.465 bits per heavy atom. The lowest BCUT2D eigenvalue weighted by molar-refractivity contribution is 0.450. The number of rotatable bonds is 23. The van der Waals surface area contributed by atoms with E-state index in [0.717, 1.165) is 33.9 Å². The van der Waals surface area contributed by atoms with Gasteiger partial charge < -0.3 is 0 Å². The predicted molar refractivity (Wildman–Crippen MR) is 497 cm³/mol. The van der Waals surface area contributed by atoms with E-state index in [0.29, 0.717) is 0 Å². The lowest BCUT2D eigenvalue weighted by atomic mass is 9.12. The molecule has 734 valence electrons. The molecule has 1 aliphatic rings. The van der Waals surface area contributed by atoms with Crippen molar-refractivity contribution in [3.8, 4) is 33.8 Å². The monoisotopic (exact) mass is 2030 g/mol. The first kappa shape index (κ1) is 106. The van der Waals surface area contributed by atoms with Crippen LogP contribution in [0.5, 0.6) is 0 Å². The molecule has 0 bridgehead atoms. The highest BCUT2D eigenvalue weighted by molar-refractivity contribution is 7.96. The van der Waals surface area contributed by atoms with E-state index in [1.807, 2.05) is 42.5 Å². The van der Waals surface area contributed by atoms with E-state index in [2.05, 4.69) is 204 Å². The largest absolute Gasteiger partial charge is 0.361 e. The zero-order valence-electron chi connectivity index (χ0n) is 73.3. The van der Waals surface area contributed by atoms with Crippen LogP contribution in [0.1, 0.15) is 57.3 Å². The Hall–Kier alpha value is -15.5. The first-order chi connectivity index (χ1) is 68.5. The molecule has 1 aliphatic carbocycles. The van der Waals surface area contributed by atoms with Crippen molar-refractivity contribution in [3.63, 3.8) is 0 Å². The fourth-order valence-electron chi connectivity index (χ4n) is 17.9. The molecule has 14 aromatic carbocycles. The molecular formula is C108H61B2F32OP. The topological polar surface area (TPSA) is 11.3 Å². The SMILES string of the molecule is C=Cc1c(F)c(F)c([B-](c2c(F)c(F)c(C=C)c(F)c2F)(c2c(F)c(F)c(C=C)c(F)c2F)c2c(F)c(F)c(C=C)c(F)c2F)c(F)c1F.C=Cc1c(F)c(F)c([B-](c2c(F)c(F)c(C=C)c(F)c2F)(c2c(F)c(F)c(C=C)c(F)c2F)c2c(F)c(F)c(C=C)c(F)c2F)c(F)c1F.c1ccc(-c2cc(-c3ccccc3)[o+]c(-c3ccccc3)c2)cc1.c1ccc([P+](c2ccccc2)(c2ccccc2)C2CC2)cc1. The van der Waals surface area contributed by atoms with E-state index in [1.165, 1.54) is 34.3 Å². The van der Waals surface area contributed by atoms with Crippen molar-refractivity contribution in [1.29, 1.82) is 0 Å². The Morgan fingerprint density at radius 1 is 0.188 bits per heavy atom. The Balaban J connectivity index is 0.000000170. The summed E-state index contributed by atoms with van der Waals surface area (Å²) in [6.07, 6.45) is -10.5. The van der Waals surface area contributed by atoms with E-state index in [-0.39, 0.29) is 48.6 Å². The fraction of sp³-hybridized carbons (Fsp3) is 0.0278. The van der Waals surface area contributed by atoms with Gasteiger partial charge in [0.15, 0.2) is 93.1 Å². The smallest absolute Gasteiger partial charge is 0.207 e. The maximum atomic E-state index is 16.1. The third-order valence-corrected chi connectivity index (χ3v) is 29.3. The Kier molecular flexibility index (Phi) is 31.1. The minimum absolute atomic E-state index is 0.0213. The molecule has 144 heavy (non-hydrogen) atoms. The van der Waals surface area contributed by atoms with Gasteiger partial charge in [0.25, 0.3) is 0 Å². The molecule has 36 heteroatoms. The Bertz CT molecular complexity index is 6370. The number of hydrogen-bond acceptors (Lipinski definition) is 0. The number of benzene rings is 14. The van der Waals surface area contributed by atoms with E-state index in [1.54, 1.807) is 0 Å². The van der Waals surface area contributed by atoms with Gasteiger partial charge in [0, 0.05) is 5.56 Å². The second-order valence-corrected chi connectivity index (χ2v) is 35.4. The second kappa shape index (κ2) is 42.3. The molecule has 0 aliphatic heterocycles. The van der Waals surface area contributed by atoms with E-state index in [9.17, 15) is 0 Å². The molecule has 0 radical (unpaired) electrons. The predicted octanol–water partition coefficient (Wildman–Crippen LogP) is 26.4. The van der Waals surface area contributed by atoms with Crippen LogP contribution in [0.3, 0.4) is 0 Å². The highest BCUT2D eigenvalue weighted by Gasteiger charge is 2.59. The first-order valence-electron chi connectivity index (χ1n) is 42.0. The van der Waals surface area contributed by atoms with Gasteiger partial charge in [0.2, 0.25) is 0 Å². The normalized spacial score (nSPS) is 11.9. The molecular weight excluding hydrogens is 1970 g/mol. The van der Waals surface area contributed by atoms with E-state index < -0.39 is 294 Å². The summed E-state index contributed by atoms with van der Waals surface area (Å²) in [4.78, 5) is 0. The molecule has 1 heterocycles. The highest BCUT2D eigenvalue weighted by atomic mass is 31.2. The van der Waals surface area contributed by atoms with Crippen molar-refractivity contribution >= 4 is 128 Å². The minimum Gasteiger partial charge on any atom is -0.207 e. The number of halogens is 32. The maximum Gasteiger partial charge on any atom is 0.361 e. The molecule has 16 rings (SSSR count). The van der Waals surface area contributed by atoms with Crippen LogP contribution in [-0.2, 0) is 0 Å². The molecule has 15 aromatic rings. The van der Waals surface area contributed by atoms with Gasteiger partial charge in [-0.1, -0.05) is 223 Å². The molecule has 1 saturated carbocycles. The lowest BCUT2D eigenvalue weighted by Crippen LogP contribution is -2.81. The van der Waals surface area contributed by atoms with Gasteiger partial charge in [-0.25, -0.2) is 145 Å². The fourth-order valence-corrected chi connectivity index (χ4v) is 22.9. The highest BCUT2D eigenvalue weighted by Crippen LogP contribution is 2.67. The molecule has 1 fully saturated rings. The van der Waals surface area contributed by atoms with Crippen LogP contribution in [0, 0.1) is 186 Å². The second-order valence-electron chi connectivity index (χ2n) is 31.7. The maximum absolute atomic E-state index is 16.1. The van der Waals surface area contributed by atoms with Gasteiger partial charge >= 0.3 is 11.5 Å². The molecule has 0 unspecified atom stereocenters. The average Bonchev–Trinajstić information content (AvgIpc) is 0.749. The van der Waals surface area contributed by atoms with Gasteiger partial charge in [-0.15, -0.1) is 43.7 Å². The lowest BCUT2D eigenvalue weighted by Gasteiger charge is -2.45. The molecule has 0 spiro atoms. The average molecular weight is 2040 g/mol. The van der Waals surface area contributed by atoms with Crippen LogP contribution >= 0.6 is 7.26 Å². The first-order valence-corrected chi connectivity index (χ1v) is 43.8. The molecule has 0 atom stereocenters. The van der Waals surface area contributed by atoms with Crippen LogP contribution in [0.4, 0.5) is 140 Å². The van der Waals surface area contributed by atoms with Crippen molar-refractivity contribution in [2.75, 3.05) is 0 Å². The summed E-state index contributed by atoms with van der Waals surface area (Å²) < 4.78 is 509. The van der Waals surface area contributed by atoms with E-state index >= 15 is 140 Å². The molecule has 0 amide bonds. The summed E-state index contributed by atoms with van der Waals surface area (Å²) >= 11 is 0. The van der Waals surface area contributed by atoms with Gasteiger partial charge in [-0.05, 0) is 79.1 Å². The molecule has 0 N–H and O–H groups in total. The van der Waals surface area contributed by atoms with Crippen molar-refractivity contribution in [1.82, 2.24) is 0 Å². The van der Waals surface area contributed by atoms with Crippen molar-refractivity contribution < 1.29 is 145 Å². The summed E-state index contributed by atoms with van der Waals surface area (Å²) in [6.45, 7) is 22.6. The standard InChI is InChI=1S/2C32H12BF16.C23H17O.C21H20P/c2*1-5-9-17(34)25(42)13(26(43)18(9)35)33(14-27(44)19(36)10(6-2)20(37)28(14)45,15-29(46)21(38)11(7-3)22(39)30(15)47)16-31(48)23(40)12(8-4)24(41)32(16)49;1-4-10-18(11-5-1)21-16-22(19-12-6-2-7-13-19)24-23(17-21)20-14-8-3-9-15-20;1-4-10-18(11-5-1)22(21-16-17-21,19-12-6-2-7-13-19)20-14-8-3-9-15-20/h2*5-8H,1-4H2;1-17H;1-15,21H,16-17H2/q2*-1;2*+1. The third kappa shape index (κ3) is 17.3. The summed E-state index contributed by atoms with van der Waals surface area (Å²) in [5, 5.41) is 4.57. The van der Waals surface area contributed by atoms with Crippen LogP contribution in [0.15, 0.2) is 251 Å². The van der Waals surface area contributed by atoms with Crippen molar-refractivity contribution in [3.05, 3.63) is 477 Å². The third-order valence-electron chi connectivity index (χ3n) is 24.3. The van der Waals surface area contributed by atoms with Crippen LogP contribution in [0.25, 0.3) is 82.4 Å². The van der Waals surface area contributed by atoms with Gasteiger partial charge in [-0.3, -0.25) is 0 Å². The van der Waals surface area contributed by atoms with Crippen LogP contribution in [-0.4, -0.2) is 18.0 Å². The van der Waals surface area contributed by atoms with Crippen molar-refractivity contribution in [2.24, 2.45) is 0 Å². The minimum atomic E-state index is -6.71. The van der Waals surface area contributed by atoms with Crippen LogP contribution < -0.4 is 59.6 Å². The quantitative estimate of drug-likeness (QED) is 0.0204. The molecule has 0 saturated heterocycles. The van der Waals surface area contributed by atoms with Gasteiger partial charge in [0.1, 0.15) is 129 Å². The van der Waals surface area contributed by atoms with E-state index in [4.69, 9.17) is 4.42 Å². The van der Waals surface area contributed by atoms with Crippen molar-refractivity contribution in [2.45, 2.75) is 18.5 Å².